The van der Waals surface area contributed by atoms with E-state index in [0.29, 0.717) is 25.7 Å². The smallest absolute Gasteiger partial charge is 0.270 e. The van der Waals surface area contributed by atoms with Crippen molar-refractivity contribution in [2.45, 2.75) is 44.1 Å². The summed E-state index contributed by atoms with van der Waals surface area (Å²) in [5.74, 6) is -3.60. The summed E-state index contributed by atoms with van der Waals surface area (Å²) in [6.07, 6.45) is 4.53. The summed E-state index contributed by atoms with van der Waals surface area (Å²) >= 11 is 0. The minimum absolute atomic E-state index is 0.0329. The summed E-state index contributed by atoms with van der Waals surface area (Å²) < 4.78 is 28.1. The highest BCUT2D eigenvalue weighted by Crippen LogP contribution is 2.67. The van der Waals surface area contributed by atoms with Gasteiger partial charge in [-0.05, 0) is 31.7 Å². The van der Waals surface area contributed by atoms with Crippen molar-refractivity contribution < 1.29 is 18.4 Å². The van der Waals surface area contributed by atoms with Gasteiger partial charge in [0.1, 0.15) is 11.3 Å². The van der Waals surface area contributed by atoms with Crippen LogP contribution in [0, 0.1) is 5.41 Å². The number of aromatic nitrogens is 3. The molecule has 1 spiro atoms. The third-order valence-corrected chi connectivity index (χ3v) is 5.39. The Bertz CT molecular complexity index is 871. The van der Waals surface area contributed by atoms with E-state index >= 15 is 0 Å². The van der Waals surface area contributed by atoms with Crippen molar-refractivity contribution in [1.82, 2.24) is 19.9 Å². The second-order valence-corrected chi connectivity index (χ2v) is 6.90. The third-order valence-electron chi connectivity index (χ3n) is 5.39. The minimum atomic E-state index is -2.54. The highest BCUT2D eigenvalue weighted by molar-refractivity contribution is 5.99. The average molecular weight is 349 g/mol. The maximum absolute atomic E-state index is 13.4. The summed E-state index contributed by atoms with van der Waals surface area (Å²) in [6.45, 7) is 0. The fraction of sp³-hybridized carbons (Fsp3) is 0.500. The van der Waals surface area contributed by atoms with Crippen molar-refractivity contribution in [3.05, 3.63) is 29.7 Å². The molecule has 0 radical (unpaired) electrons. The van der Waals surface area contributed by atoms with Crippen molar-refractivity contribution in [3.63, 3.8) is 0 Å². The SMILES string of the molecule is NC(=O)c1cnn2c(C(=O)NC3CCC4(CC3)CC4(F)F)ccnc12. The van der Waals surface area contributed by atoms with Crippen molar-refractivity contribution in [3.8, 4) is 0 Å². The zero-order valence-corrected chi connectivity index (χ0v) is 13.3. The summed E-state index contributed by atoms with van der Waals surface area (Å²) in [7, 11) is 0. The largest absolute Gasteiger partial charge is 0.365 e. The van der Waals surface area contributed by atoms with E-state index in [4.69, 9.17) is 5.73 Å². The lowest BCUT2D eigenvalue weighted by Crippen LogP contribution is -2.39. The first-order valence-corrected chi connectivity index (χ1v) is 8.14. The van der Waals surface area contributed by atoms with Crippen molar-refractivity contribution in [2.24, 2.45) is 11.1 Å². The molecule has 2 saturated carbocycles. The molecule has 2 aliphatic rings. The molecule has 2 amide bonds. The van der Waals surface area contributed by atoms with E-state index in [-0.39, 0.29) is 35.3 Å². The van der Waals surface area contributed by atoms with E-state index in [1.165, 1.54) is 23.0 Å². The van der Waals surface area contributed by atoms with Gasteiger partial charge in [0.05, 0.1) is 6.20 Å². The number of carbonyl (C=O) groups excluding carboxylic acids is 2. The number of carbonyl (C=O) groups is 2. The monoisotopic (exact) mass is 349 g/mol. The van der Waals surface area contributed by atoms with Gasteiger partial charge in [0.2, 0.25) is 0 Å². The number of nitrogens with two attached hydrogens (primary N) is 1. The number of fused-ring (bicyclic) bond motifs is 1. The number of nitrogens with zero attached hydrogens (tertiary/aromatic N) is 3. The second-order valence-electron chi connectivity index (χ2n) is 6.90. The Morgan fingerprint density at radius 1 is 1.32 bits per heavy atom. The summed E-state index contributed by atoms with van der Waals surface area (Å²) in [5.41, 5.74) is 4.98. The average Bonchev–Trinajstić information content (AvgIpc) is 2.92. The molecular formula is C16H17F2N5O2. The molecule has 0 atom stereocenters. The number of primary amides is 1. The maximum atomic E-state index is 13.4. The zero-order chi connectivity index (χ0) is 17.8. The van der Waals surface area contributed by atoms with Crippen LogP contribution in [-0.2, 0) is 0 Å². The Labute approximate surface area is 141 Å². The molecule has 0 bridgehead atoms. The number of amides is 2. The summed E-state index contributed by atoms with van der Waals surface area (Å²) in [6, 6.07) is 1.34. The van der Waals surface area contributed by atoms with Gasteiger partial charge in [-0.15, -0.1) is 0 Å². The van der Waals surface area contributed by atoms with Crippen LogP contribution in [-0.4, -0.2) is 38.4 Å². The third kappa shape index (κ3) is 2.45. The normalized spacial score (nSPS) is 27.4. The van der Waals surface area contributed by atoms with Crippen molar-refractivity contribution in [2.75, 3.05) is 0 Å². The number of halogens is 2. The Morgan fingerprint density at radius 2 is 2.00 bits per heavy atom. The zero-order valence-electron chi connectivity index (χ0n) is 13.3. The van der Waals surface area contributed by atoms with Crippen LogP contribution >= 0.6 is 0 Å². The lowest BCUT2D eigenvalue weighted by Gasteiger charge is -2.29. The predicted molar refractivity (Wildman–Crippen MR) is 83.2 cm³/mol. The fourth-order valence-corrected chi connectivity index (χ4v) is 3.73. The fourth-order valence-electron chi connectivity index (χ4n) is 3.73. The first kappa shape index (κ1) is 15.9. The molecule has 0 saturated heterocycles. The van der Waals surface area contributed by atoms with Crippen LogP contribution < -0.4 is 11.1 Å². The van der Waals surface area contributed by atoms with Gasteiger partial charge >= 0.3 is 0 Å². The number of hydrogen-bond donors (Lipinski definition) is 2. The molecule has 132 valence electrons. The first-order chi connectivity index (χ1) is 11.8. The first-order valence-electron chi connectivity index (χ1n) is 8.14. The molecule has 2 fully saturated rings. The molecule has 4 rings (SSSR count). The lowest BCUT2D eigenvalue weighted by molar-refractivity contribution is 0.0435. The number of hydrogen-bond acceptors (Lipinski definition) is 4. The van der Waals surface area contributed by atoms with E-state index < -0.39 is 17.2 Å². The topological polar surface area (TPSA) is 102 Å². The van der Waals surface area contributed by atoms with Crippen LogP contribution in [0.3, 0.4) is 0 Å². The molecule has 0 aromatic carbocycles. The van der Waals surface area contributed by atoms with Gasteiger partial charge in [-0.3, -0.25) is 9.59 Å². The molecule has 0 unspecified atom stereocenters. The predicted octanol–water partition coefficient (Wildman–Crippen LogP) is 1.53. The standard InChI is InChI=1S/C16H17F2N5O2/c17-16(18)8-15(16)4-1-9(2-5-15)22-14(25)11-3-6-20-13-10(12(19)24)7-21-23(11)13/h3,6-7,9H,1-2,4-5,8H2,(H2,19,24)(H,22,25). The number of nitrogens with one attached hydrogen (secondary N) is 1. The van der Waals surface area contributed by atoms with E-state index in [9.17, 15) is 18.4 Å². The Balaban J connectivity index is 1.49. The molecule has 0 aliphatic heterocycles. The van der Waals surface area contributed by atoms with Gasteiger partial charge in [0.25, 0.3) is 17.7 Å². The summed E-state index contributed by atoms with van der Waals surface area (Å²) in [5, 5.41) is 6.87. The quantitative estimate of drug-likeness (QED) is 0.877. The number of rotatable bonds is 3. The van der Waals surface area contributed by atoms with E-state index in [0.717, 1.165) is 0 Å². The molecule has 7 nitrogen and oxygen atoms in total. The Kier molecular flexibility index (Phi) is 3.32. The van der Waals surface area contributed by atoms with E-state index in [1.54, 1.807) is 0 Å². The van der Waals surface area contributed by atoms with Crippen LogP contribution in [0.5, 0.6) is 0 Å². The molecule has 2 aliphatic carbocycles. The van der Waals surface area contributed by atoms with Gasteiger partial charge in [-0.25, -0.2) is 18.3 Å². The Morgan fingerprint density at radius 3 is 2.60 bits per heavy atom. The van der Waals surface area contributed by atoms with Crippen molar-refractivity contribution >= 4 is 17.5 Å². The van der Waals surface area contributed by atoms with Crippen LogP contribution in [0.15, 0.2) is 18.5 Å². The molecule has 2 heterocycles. The van der Waals surface area contributed by atoms with Gasteiger partial charge in [-0.2, -0.15) is 5.10 Å². The molecule has 9 heteroatoms. The highest BCUT2D eigenvalue weighted by atomic mass is 19.3. The Hall–Kier alpha value is -2.58. The molecule has 3 N–H and O–H groups in total. The maximum Gasteiger partial charge on any atom is 0.270 e. The molecule has 2 aromatic rings. The highest BCUT2D eigenvalue weighted by Gasteiger charge is 2.70. The molecular weight excluding hydrogens is 332 g/mol. The lowest BCUT2D eigenvalue weighted by atomic mass is 9.83. The van der Waals surface area contributed by atoms with E-state index in [1.807, 2.05) is 0 Å². The van der Waals surface area contributed by atoms with Crippen LogP contribution in [0.1, 0.15) is 53.0 Å². The van der Waals surface area contributed by atoms with Crippen molar-refractivity contribution in [1.29, 1.82) is 0 Å². The second kappa shape index (κ2) is 5.21. The van der Waals surface area contributed by atoms with Crippen LogP contribution in [0.25, 0.3) is 5.65 Å². The minimum Gasteiger partial charge on any atom is -0.365 e. The molecule has 2 aromatic heterocycles. The van der Waals surface area contributed by atoms with Gasteiger partial charge in [0, 0.05) is 24.1 Å². The number of alkyl halides is 2. The summed E-state index contributed by atoms with van der Waals surface area (Å²) in [4.78, 5) is 27.9. The van der Waals surface area contributed by atoms with E-state index in [2.05, 4.69) is 15.4 Å². The van der Waals surface area contributed by atoms with Gasteiger partial charge in [0.15, 0.2) is 5.65 Å². The van der Waals surface area contributed by atoms with Gasteiger partial charge in [-0.1, -0.05) is 0 Å². The molecule has 25 heavy (non-hydrogen) atoms. The van der Waals surface area contributed by atoms with Crippen LogP contribution in [0.2, 0.25) is 0 Å². The van der Waals surface area contributed by atoms with Gasteiger partial charge < -0.3 is 11.1 Å². The van der Waals surface area contributed by atoms with Crippen LogP contribution in [0.4, 0.5) is 8.78 Å².